The van der Waals surface area contributed by atoms with Crippen LogP contribution < -0.4 is 11.5 Å². The summed E-state index contributed by atoms with van der Waals surface area (Å²) < 4.78 is 0. The van der Waals surface area contributed by atoms with E-state index in [0.717, 1.165) is 4.88 Å². The molecule has 0 saturated heterocycles. The van der Waals surface area contributed by atoms with Gasteiger partial charge in [-0.15, -0.1) is 12.6 Å². The van der Waals surface area contributed by atoms with Gasteiger partial charge in [0.05, 0.1) is 9.78 Å². The fourth-order valence-corrected chi connectivity index (χ4v) is 1.43. The summed E-state index contributed by atoms with van der Waals surface area (Å²) in [5, 5.41) is 0.451. The molecule has 0 saturated carbocycles. The van der Waals surface area contributed by atoms with Crippen LogP contribution in [0.2, 0.25) is 0 Å². The van der Waals surface area contributed by atoms with Gasteiger partial charge in [0.2, 0.25) is 0 Å². The van der Waals surface area contributed by atoms with Gasteiger partial charge in [-0.2, -0.15) is 0 Å². The van der Waals surface area contributed by atoms with Crippen molar-refractivity contribution in [1.82, 2.24) is 4.98 Å². The Morgan fingerprint density at radius 1 is 1.75 bits per heavy atom. The summed E-state index contributed by atoms with van der Waals surface area (Å²) >= 11 is 5.14. The van der Waals surface area contributed by atoms with Crippen molar-refractivity contribution in [2.24, 2.45) is 5.73 Å². The second-order valence-corrected chi connectivity index (χ2v) is 3.57. The number of nitrogens with zero attached hydrogens (tertiary/aromatic N) is 1. The van der Waals surface area contributed by atoms with Gasteiger partial charge in [-0.1, -0.05) is 11.3 Å². The Balaban J connectivity index is 2.87. The van der Waals surface area contributed by atoms with Crippen molar-refractivity contribution in [3.63, 3.8) is 0 Å². The van der Waals surface area contributed by atoms with Crippen LogP contribution >= 0.6 is 24.0 Å². The number of aromatic nitrogens is 1. The Bertz CT molecular complexity index is 331. The molecule has 4 nitrogen and oxygen atoms in total. The number of hydrogen-bond acceptors (Lipinski definition) is 5. The summed E-state index contributed by atoms with van der Waals surface area (Å²) in [7, 11) is 0. The Labute approximate surface area is 78.7 Å². The smallest absolute Gasteiger partial charge is 0.254 e. The van der Waals surface area contributed by atoms with Crippen LogP contribution in [0.25, 0.3) is 6.08 Å². The molecule has 0 atom stereocenters. The number of nitrogen functional groups attached to an aromatic ring is 1. The minimum absolute atomic E-state index is 0.193. The SMILES string of the molecule is NC(=O)/C(S)=C/c1cnc(N)s1. The third kappa shape index (κ3) is 2.24. The second-order valence-electron chi connectivity index (χ2n) is 1.99. The van der Waals surface area contributed by atoms with Gasteiger partial charge in [-0.05, 0) is 6.08 Å². The van der Waals surface area contributed by atoms with Crippen LogP contribution in [0.15, 0.2) is 11.1 Å². The third-order valence-electron chi connectivity index (χ3n) is 1.07. The zero-order chi connectivity index (χ0) is 9.14. The number of primary amides is 1. The topological polar surface area (TPSA) is 82.0 Å². The average Bonchev–Trinajstić information content (AvgIpc) is 2.35. The number of carbonyl (C=O) groups excluding carboxylic acids is 1. The summed E-state index contributed by atoms with van der Waals surface area (Å²) in [4.78, 5) is 15.3. The maximum atomic E-state index is 10.5. The number of thiazole rings is 1. The Morgan fingerprint density at radius 2 is 2.42 bits per heavy atom. The van der Waals surface area contributed by atoms with Crippen LogP contribution in [-0.4, -0.2) is 10.9 Å². The van der Waals surface area contributed by atoms with Crippen molar-refractivity contribution in [1.29, 1.82) is 0 Å². The predicted molar refractivity (Wildman–Crippen MR) is 52.7 cm³/mol. The molecule has 1 rings (SSSR count). The normalized spacial score (nSPS) is 11.6. The molecule has 0 spiro atoms. The summed E-state index contributed by atoms with van der Waals surface area (Å²) in [6.07, 6.45) is 3.08. The van der Waals surface area contributed by atoms with Crippen molar-refractivity contribution in [3.05, 3.63) is 16.0 Å². The van der Waals surface area contributed by atoms with Crippen LogP contribution in [0.4, 0.5) is 5.13 Å². The number of anilines is 1. The second kappa shape index (κ2) is 3.59. The summed E-state index contributed by atoms with van der Waals surface area (Å²) in [6.45, 7) is 0. The fraction of sp³-hybridized carbons (Fsp3) is 0. The van der Waals surface area contributed by atoms with Crippen molar-refractivity contribution in [2.75, 3.05) is 5.73 Å². The predicted octanol–water partition coefficient (Wildman–Crippen LogP) is 0.481. The lowest BCUT2D eigenvalue weighted by Gasteiger charge is -1.89. The van der Waals surface area contributed by atoms with Gasteiger partial charge < -0.3 is 11.5 Å². The fourth-order valence-electron chi connectivity index (χ4n) is 0.573. The van der Waals surface area contributed by atoms with Crippen LogP contribution in [0.1, 0.15) is 4.88 Å². The van der Waals surface area contributed by atoms with Crippen molar-refractivity contribution in [2.45, 2.75) is 0 Å². The zero-order valence-corrected chi connectivity index (χ0v) is 7.73. The van der Waals surface area contributed by atoms with E-state index in [1.54, 1.807) is 6.20 Å². The van der Waals surface area contributed by atoms with Gasteiger partial charge in [0, 0.05) is 6.20 Å². The van der Waals surface area contributed by atoms with E-state index in [9.17, 15) is 4.79 Å². The molecule has 1 heterocycles. The van der Waals surface area contributed by atoms with Gasteiger partial charge in [0.25, 0.3) is 5.91 Å². The first-order chi connectivity index (χ1) is 5.59. The zero-order valence-electron chi connectivity index (χ0n) is 6.02. The minimum Gasteiger partial charge on any atom is -0.375 e. The molecule has 0 aliphatic carbocycles. The van der Waals surface area contributed by atoms with E-state index in [1.807, 2.05) is 0 Å². The number of thiol groups is 1. The van der Waals surface area contributed by atoms with Crippen LogP contribution in [0.5, 0.6) is 0 Å². The first-order valence-electron chi connectivity index (χ1n) is 3.01. The largest absolute Gasteiger partial charge is 0.375 e. The number of carbonyl (C=O) groups is 1. The molecule has 0 aliphatic heterocycles. The monoisotopic (exact) mass is 201 g/mol. The summed E-state index contributed by atoms with van der Waals surface area (Å²) in [5.41, 5.74) is 10.3. The van der Waals surface area contributed by atoms with Crippen molar-refractivity contribution >= 4 is 41.1 Å². The quantitative estimate of drug-likeness (QED) is 0.481. The van der Waals surface area contributed by atoms with Gasteiger partial charge in [0.1, 0.15) is 0 Å². The molecule has 1 aromatic rings. The number of nitrogens with two attached hydrogens (primary N) is 2. The van der Waals surface area contributed by atoms with Crippen LogP contribution in [0, 0.1) is 0 Å². The molecule has 0 bridgehead atoms. The van der Waals surface area contributed by atoms with E-state index >= 15 is 0 Å². The highest BCUT2D eigenvalue weighted by molar-refractivity contribution is 7.85. The van der Waals surface area contributed by atoms with Crippen LogP contribution in [-0.2, 0) is 4.79 Å². The summed E-state index contributed by atoms with van der Waals surface area (Å²) in [5.74, 6) is -0.565. The Kier molecular flexibility index (Phi) is 2.72. The maximum Gasteiger partial charge on any atom is 0.254 e. The van der Waals surface area contributed by atoms with Crippen molar-refractivity contribution < 1.29 is 4.79 Å². The highest BCUT2D eigenvalue weighted by Crippen LogP contribution is 2.18. The van der Waals surface area contributed by atoms with E-state index in [4.69, 9.17) is 11.5 Å². The summed E-state index contributed by atoms with van der Waals surface area (Å²) in [6, 6.07) is 0. The van der Waals surface area contributed by atoms with Gasteiger partial charge >= 0.3 is 0 Å². The molecular formula is C6H7N3OS2. The molecule has 1 amide bonds. The molecule has 1 aromatic heterocycles. The molecule has 6 heteroatoms. The first kappa shape index (κ1) is 9.08. The molecule has 0 unspecified atom stereocenters. The van der Waals surface area contributed by atoms with E-state index in [0.29, 0.717) is 5.13 Å². The molecule has 12 heavy (non-hydrogen) atoms. The average molecular weight is 201 g/mol. The first-order valence-corrected chi connectivity index (χ1v) is 4.27. The molecule has 4 N–H and O–H groups in total. The lowest BCUT2D eigenvalue weighted by molar-refractivity contribution is -0.113. The van der Waals surface area contributed by atoms with E-state index < -0.39 is 5.91 Å². The molecule has 64 valence electrons. The van der Waals surface area contributed by atoms with E-state index in [1.165, 1.54) is 17.4 Å². The molecule has 0 aromatic carbocycles. The number of rotatable bonds is 2. The van der Waals surface area contributed by atoms with Crippen LogP contribution in [0.3, 0.4) is 0 Å². The van der Waals surface area contributed by atoms with Crippen molar-refractivity contribution in [3.8, 4) is 0 Å². The lowest BCUT2D eigenvalue weighted by atomic mass is 10.4. The Morgan fingerprint density at radius 3 is 2.83 bits per heavy atom. The van der Waals surface area contributed by atoms with E-state index in [-0.39, 0.29) is 4.91 Å². The number of amides is 1. The molecule has 0 radical (unpaired) electrons. The highest BCUT2D eigenvalue weighted by Gasteiger charge is 2.00. The maximum absolute atomic E-state index is 10.5. The molecule has 0 aliphatic rings. The van der Waals surface area contributed by atoms with E-state index in [2.05, 4.69) is 17.6 Å². The third-order valence-corrected chi connectivity index (χ3v) is 2.20. The van der Waals surface area contributed by atoms with Gasteiger partial charge in [-0.3, -0.25) is 4.79 Å². The standard InChI is InChI=1S/C6H7N3OS2/c7-5(10)4(11)1-3-2-9-6(8)12-3/h1-2,11H,(H2,7,10)(H2,8,9)/b4-1-. The lowest BCUT2D eigenvalue weighted by Crippen LogP contribution is -2.09. The number of hydrogen-bond donors (Lipinski definition) is 3. The minimum atomic E-state index is -0.565. The van der Waals surface area contributed by atoms with Gasteiger partial charge in [-0.25, -0.2) is 4.98 Å². The van der Waals surface area contributed by atoms with Gasteiger partial charge in [0.15, 0.2) is 5.13 Å². The Hall–Kier alpha value is -1.01. The highest BCUT2D eigenvalue weighted by atomic mass is 32.1. The molecular weight excluding hydrogens is 194 g/mol. The molecule has 0 fully saturated rings.